The number of primary amides is 1. The molecular formula is C15H17ClN4O. The van der Waals surface area contributed by atoms with Gasteiger partial charge in [-0.05, 0) is 26.3 Å². The summed E-state index contributed by atoms with van der Waals surface area (Å²) in [5.41, 5.74) is 7.10. The smallest absolute Gasteiger partial charge is 0.226 e. The minimum atomic E-state index is -0.464. The summed E-state index contributed by atoms with van der Waals surface area (Å²) in [6.45, 7) is 4.94. The van der Waals surface area contributed by atoms with Gasteiger partial charge in [-0.25, -0.2) is 4.98 Å². The van der Waals surface area contributed by atoms with Crippen LogP contribution in [0.2, 0.25) is 5.15 Å². The fourth-order valence-electron chi connectivity index (χ4n) is 2.70. The van der Waals surface area contributed by atoms with E-state index in [2.05, 4.69) is 21.8 Å². The average molecular weight is 305 g/mol. The predicted molar refractivity (Wildman–Crippen MR) is 83.6 cm³/mol. The fraction of sp³-hybridized carbons (Fsp3) is 0.400. The van der Waals surface area contributed by atoms with Crippen molar-refractivity contribution in [2.24, 2.45) is 5.73 Å². The van der Waals surface area contributed by atoms with Gasteiger partial charge in [0.15, 0.2) is 0 Å². The van der Waals surface area contributed by atoms with Crippen molar-refractivity contribution >= 4 is 34.0 Å². The Morgan fingerprint density at radius 1 is 1.43 bits per heavy atom. The monoisotopic (exact) mass is 304 g/mol. The molecule has 0 spiro atoms. The first-order valence-corrected chi connectivity index (χ1v) is 7.37. The molecular weight excluding hydrogens is 288 g/mol. The van der Waals surface area contributed by atoms with Gasteiger partial charge in [0.05, 0.1) is 23.5 Å². The van der Waals surface area contributed by atoms with Gasteiger partial charge in [-0.2, -0.15) is 0 Å². The average Bonchev–Trinajstić information content (AvgIpc) is 2.44. The minimum absolute atomic E-state index is 0.385. The molecule has 1 aliphatic rings. The Kier molecular flexibility index (Phi) is 3.45. The predicted octanol–water partition coefficient (Wildman–Crippen LogP) is 2.47. The van der Waals surface area contributed by atoms with Crippen molar-refractivity contribution in [2.45, 2.75) is 32.2 Å². The van der Waals surface area contributed by atoms with E-state index in [-0.39, 0.29) is 0 Å². The molecule has 1 fully saturated rings. The van der Waals surface area contributed by atoms with Crippen molar-refractivity contribution in [3.63, 3.8) is 0 Å². The van der Waals surface area contributed by atoms with Crippen LogP contribution >= 0.6 is 11.6 Å². The summed E-state index contributed by atoms with van der Waals surface area (Å²) in [6.07, 6.45) is 4.72. The van der Waals surface area contributed by atoms with Crippen LogP contribution in [0.4, 0.5) is 5.69 Å². The highest BCUT2D eigenvalue weighted by Crippen LogP contribution is 2.35. The molecule has 0 aromatic carbocycles. The lowest BCUT2D eigenvalue weighted by atomic mass is 9.98. The van der Waals surface area contributed by atoms with Gasteiger partial charge in [-0.3, -0.25) is 9.78 Å². The third kappa shape index (κ3) is 2.31. The van der Waals surface area contributed by atoms with Crippen LogP contribution in [0, 0.1) is 0 Å². The lowest BCUT2D eigenvalue weighted by molar-refractivity contribution is -0.119. The molecule has 3 rings (SSSR count). The summed E-state index contributed by atoms with van der Waals surface area (Å²) in [6, 6.07) is 2.25. The van der Waals surface area contributed by atoms with E-state index < -0.39 is 11.8 Å². The number of aromatic nitrogens is 2. The summed E-state index contributed by atoms with van der Waals surface area (Å²) in [7, 11) is 0. The number of hydrogen-bond donors (Lipinski definition) is 1. The van der Waals surface area contributed by atoms with Crippen LogP contribution in [0.15, 0.2) is 18.5 Å². The maximum atomic E-state index is 11.5. The molecule has 0 radical (unpaired) electrons. The van der Waals surface area contributed by atoms with Crippen molar-refractivity contribution in [1.82, 2.24) is 9.97 Å². The number of fused-ring (bicyclic) bond motifs is 1. The lowest BCUT2D eigenvalue weighted by Crippen LogP contribution is -2.45. The lowest BCUT2D eigenvalue weighted by Gasteiger charge is -2.41. The van der Waals surface area contributed by atoms with E-state index in [1.165, 1.54) is 6.42 Å². The molecule has 1 amide bonds. The zero-order valence-electron chi connectivity index (χ0n) is 12.0. The van der Waals surface area contributed by atoms with Crippen LogP contribution < -0.4 is 10.6 Å². The first-order chi connectivity index (χ1) is 9.99. The second-order valence-corrected chi connectivity index (χ2v) is 5.92. The summed E-state index contributed by atoms with van der Waals surface area (Å²) in [5, 5.41) is 2.19. The molecule has 3 heterocycles. The van der Waals surface area contributed by atoms with E-state index in [0.29, 0.717) is 16.9 Å². The number of rotatable bonds is 3. The number of nitrogens with zero attached hydrogens (tertiary/aromatic N) is 3. The third-order valence-electron chi connectivity index (χ3n) is 4.21. The van der Waals surface area contributed by atoms with E-state index >= 15 is 0 Å². The highest BCUT2D eigenvalue weighted by molar-refractivity contribution is 6.30. The van der Waals surface area contributed by atoms with E-state index in [1.54, 1.807) is 19.2 Å². The molecule has 1 aliphatic heterocycles. The highest BCUT2D eigenvalue weighted by atomic mass is 35.5. The summed E-state index contributed by atoms with van der Waals surface area (Å²) in [5.74, 6) is -0.865. The molecule has 0 aliphatic carbocycles. The first kappa shape index (κ1) is 14.1. The number of pyridine rings is 2. The van der Waals surface area contributed by atoms with E-state index in [1.807, 2.05) is 6.20 Å². The van der Waals surface area contributed by atoms with Gasteiger partial charge in [0.25, 0.3) is 0 Å². The maximum Gasteiger partial charge on any atom is 0.226 e. The Hall–Kier alpha value is -1.88. The molecule has 2 aromatic rings. The van der Waals surface area contributed by atoms with Crippen molar-refractivity contribution < 1.29 is 4.79 Å². The van der Waals surface area contributed by atoms with Crippen molar-refractivity contribution in [2.75, 3.05) is 11.4 Å². The summed E-state index contributed by atoms with van der Waals surface area (Å²) < 4.78 is 0. The molecule has 5 nitrogen and oxygen atoms in total. The normalized spacial score (nSPS) is 19.4. The number of carbonyl (C=O) groups excluding carboxylic acids is 1. The van der Waals surface area contributed by atoms with Gasteiger partial charge in [0.1, 0.15) is 5.15 Å². The minimum Gasteiger partial charge on any atom is -0.369 e. The fourth-order valence-corrected chi connectivity index (χ4v) is 2.86. The van der Waals surface area contributed by atoms with Crippen molar-refractivity contribution in [3.05, 3.63) is 29.3 Å². The molecule has 2 atom stereocenters. The van der Waals surface area contributed by atoms with Crippen LogP contribution in [0.5, 0.6) is 0 Å². The summed E-state index contributed by atoms with van der Waals surface area (Å²) >= 11 is 6.01. The molecule has 110 valence electrons. The first-order valence-electron chi connectivity index (χ1n) is 6.99. The quantitative estimate of drug-likeness (QED) is 0.884. The van der Waals surface area contributed by atoms with Gasteiger partial charge in [0.2, 0.25) is 5.91 Å². The SMILES string of the molecule is CC(C(N)=O)c1ncc(N2CCC2C)c2cnc(Cl)cc12. The van der Waals surface area contributed by atoms with Gasteiger partial charge >= 0.3 is 0 Å². The second-order valence-electron chi connectivity index (χ2n) is 5.54. The van der Waals surface area contributed by atoms with Crippen LogP contribution in [0.25, 0.3) is 10.8 Å². The molecule has 2 N–H and O–H groups in total. The Morgan fingerprint density at radius 3 is 2.76 bits per heavy atom. The number of carbonyl (C=O) groups is 1. The van der Waals surface area contributed by atoms with Gasteiger partial charge in [-0.1, -0.05) is 11.6 Å². The molecule has 6 heteroatoms. The topological polar surface area (TPSA) is 72.1 Å². The second kappa shape index (κ2) is 5.15. The van der Waals surface area contributed by atoms with E-state index in [9.17, 15) is 4.79 Å². The summed E-state index contributed by atoms with van der Waals surface area (Å²) in [4.78, 5) is 22.4. The molecule has 2 aromatic heterocycles. The standard InChI is InChI=1S/C15H17ClN4O/c1-8-3-4-20(8)12-7-19-14(9(2)15(17)21)10-5-13(16)18-6-11(10)12/h5-9H,3-4H2,1-2H3,(H2,17,21). The Labute approximate surface area is 128 Å². The number of hydrogen-bond acceptors (Lipinski definition) is 4. The van der Waals surface area contributed by atoms with Crippen LogP contribution in [0.1, 0.15) is 31.9 Å². The third-order valence-corrected chi connectivity index (χ3v) is 4.42. The molecule has 0 bridgehead atoms. The number of amides is 1. The number of anilines is 1. The molecule has 1 saturated heterocycles. The Morgan fingerprint density at radius 2 is 2.19 bits per heavy atom. The van der Waals surface area contributed by atoms with E-state index in [4.69, 9.17) is 17.3 Å². The van der Waals surface area contributed by atoms with Crippen molar-refractivity contribution in [1.29, 1.82) is 0 Å². The van der Waals surface area contributed by atoms with E-state index in [0.717, 1.165) is 23.0 Å². The Balaban J connectivity index is 2.21. The molecule has 2 unspecified atom stereocenters. The Bertz CT molecular complexity index is 718. The highest BCUT2D eigenvalue weighted by Gasteiger charge is 2.27. The van der Waals surface area contributed by atoms with Crippen LogP contribution in [-0.2, 0) is 4.79 Å². The number of nitrogens with two attached hydrogens (primary N) is 1. The van der Waals surface area contributed by atoms with Gasteiger partial charge < -0.3 is 10.6 Å². The van der Waals surface area contributed by atoms with Gasteiger partial charge in [0, 0.05) is 29.6 Å². The molecule has 0 saturated carbocycles. The largest absolute Gasteiger partial charge is 0.369 e. The van der Waals surface area contributed by atoms with Crippen LogP contribution in [0.3, 0.4) is 0 Å². The zero-order chi connectivity index (χ0) is 15.1. The number of halogens is 1. The van der Waals surface area contributed by atoms with Crippen molar-refractivity contribution in [3.8, 4) is 0 Å². The maximum absolute atomic E-state index is 11.5. The van der Waals surface area contributed by atoms with Crippen LogP contribution in [-0.4, -0.2) is 28.5 Å². The van der Waals surface area contributed by atoms with Gasteiger partial charge in [-0.15, -0.1) is 0 Å². The zero-order valence-corrected chi connectivity index (χ0v) is 12.8. The molecule has 21 heavy (non-hydrogen) atoms.